The van der Waals surface area contributed by atoms with Gasteiger partial charge in [-0.1, -0.05) is 0 Å². The Hall–Kier alpha value is -2.78. The molecule has 10 heteroatoms. The molecule has 0 aliphatic carbocycles. The van der Waals surface area contributed by atoms with E-state index in [4.69, 9.17) is 21.9 Å². The van der Waals surface area contributed by atoms with Crippen LogP contribution in [0.5, 0.6) is 5.75 Å². The van der Waals surface area contributed by atoms with Gasteiger partial charge in [0.15, 0.2) is 5.96 Å². The number of ether oxygens (including phenoxy) is 1. The van der Waals surface area contributed by atoms with Gasteiger partial charge in [0.05, 0.1) is 18.4 Å². The van der Waals surface area contributed by atoms with Gasteiger partial charge in [-0.15, -0.1) is 0 Å². The summed E-state index contributed by atoms with van der Waals surface area (Å²) in [7, 11) is 1.24. The van der Waals surface area contributed by atoms with Crippen LogP contribution in [-0.4, -0.2) is 31.0 Å². The van der Waals surface area contributed by atoms with Gasteiger partial charge in [0.1, 0.15) is 5.75 Å². The van der Waals surface area contributed by atoms with Crippen molar-refractivity contribution in [2.24, 2.45) is 27.2 Å². The molecule has 0 aromatic heterocycles. The molecule has 0 spiro atoms. The number of Topliss-reactive ketones (excluding diaryl/α,β-unsaturated/α-hetero) is 1. The second-order valence-corrected chi connectivity index (χ2v) is 3.72. The molecule has 0 unspecified atom stereocenters. The Balaban J connectivity index is 3.39. The molecule has 6 N–H and O–H groups in total. The van der Waals surface area contributed by atoms with Crippen LogP contribution >= 0.6 is 0 Å². The summed E-state index contributed by atoms with van der Waals surface area (Å²) in [5.74, 6) is -2.94. The van der Waals surface area contributed by atoms with E-state index in [2.05, 4.69) is 9.98 Å². The van der Waals surface area contributed by atoms with Gasteiger partial charge in [-0.3, -0.25) is 4.79 Å². The molecule has 1 aromatic rings. The van der Waals surface area contributed by atoms with Crippen molar-refractivity contribution in [3.8, 4) is 5.75 Å². The normalized spacial score (nSPS) is 11.9. The molecule has 0 saturated heterocycles. The molecule has 0 amide bonds. The number of carbonyl (C=O) groups excluding carboxylic acids is 1. The zero-order valence-electron chi connectivity index (χ0n) is 10.8. The number of benzene rings is 1. The molecule has 0 radical (unpaired) electrons. The van der Waals surface area contributed by atoms with Crippen LogP contribution in [0.1, 0.15) is 10.4 Å². The van der Waals surface area contributed by atoms with E-state index in [0.29, 0.717) is 0 Å². The second kappa shape index (κ2) is 6.11. The van der Waals surface area contributed by atoms with E-state index in [9.17, 15) is 18.0 Å². The lowest BCUT2D eigenvalue weighted by molar-refractivity contribution is -0.0884. The Morgan fingerprint density at radius 2 is 1.86 bits per heavy atom. The van der Waals surface area contributed by atoms with Crippen LogP contribution in [0.3, 0.4) is 0 Å². The van der Waals surface area contributed by atoms with Gasteiger partial charge in [-0.25, -0.2) is 4.99 Å². The molecule has 0 heterocycles. The van der Waals surface area contributed by atoms with Crippen molar-refractivity contribution in [2.75, 3.05) is 7.11 Å². The second-order valence-electron chi connectivity index (χ2n) is 3.72. The van der Waals surface area contributed by atoms with Gasteiger partial charge < -0.3 is 21.9 Å². The fourth-order valence-electron chi connectivity index (χ4n) is 1.35. The van der Waals surface area contributed by atoms with E-state index in [1.54, 1.807) is 0 Å². The average molecular weight is 303 g/mol. The molecule has 7 nitrogen and oxygen atoms in total. The highest BCUT2D eigenvalue weighted by Gasteiger charge is 2.40. The Bertz CT molecular complexity index is 606. The average Bonchev–Trinajstić information content (AvgIpc) is 2.36. The van der Waals surface area contributed by atoms with Gasteiger partial charge in [-0.2, -0.15) is 18.2 Å². The third-order valence-corrected chi connectivity index (χ3v) is 2.18. The van der Waals surface area contributed by atoms with E-state index >= 15 is 0 Å². The third kappa shape index (κ3) is 4.37. The summed E-state index contributed by atoms with van der Waals surface area (Å²) in [5, 5.41) is 0. The number of methoxy groups -OCH3 is 1. The maximum Gasteiger partial charge on any atom is 0.454 e. The molecular formula is C11H12F3N5O2. The SMILES string of the molecule is COc1ccc(N=C(N)N=C(N)N)c(C(=O)C(F)(F)F)c1. The van der Waals surface area contributed by atoms with E-state index in [1.807, 2.05) is 0 Å². The van der Waals surface area contributed by atoms with Crippen LogP contribution in [0.15, 0.2) is 28.2 Å². The topological polar surface area (TPSA) is 129 Å². The summed E-state index contributed by atoms with van der Waals surface area (Å²) in [6, 6.07) is 3.35. The monoisotopic (exact) mass is 303 g/mol. The number of halogens is 3. The first kappa shape index (κ1) is 16.3. The Labute approximate surface area is 117 Å². The first-order valence-corrected chi connectivity index (χ1v) is 5.38. The van der Waals surface area contributed by atoms with Gasteiger partial charge in [-0.05, 0) is 18.2 Å². The van der Waals surface area contributed by atoms with Crippen molar-refractivity contribution >= 4 is 23.4 Å². The molecule has 114 valence electrons. The highest BCUT2D eigenvalue weighted by molar-refractivity contribution is 6.05. The largest absolute Gasteiger partial charge is 0.497 e. The lowest BCUT2D eigenvalue weighted by atomic mass is 10.1. The molecule has 0 atom stereocenters. The fourth-order valence-corrected chi connectivity index (χ4v) is 1.35. The van der Waals surface area contributed by atoms with Gasteiger partial charge in [0.2, 0.25) is 5.96 Å². The summed E-state index contributed by atoms with van der Waals surface area (Å²) >= 11 is 0. The van der Waals surface area contributed by atoms with Crippen molar-refractivity contribution < 1.29 is 22.7 Å². The molecule has 1 rings (SSSR count). The van der Waals surface area contributed by atoms with E-state index < -0.39 is 29.4 Å². The van der Waals surface area contributed by atoms with E-state index in [-0.39, 0.29) is 11.4 Å². The summed E-state index contributed by atoms with van der Waals surface area (Å²) in [4.78, 5) is 18.3. The minimum absolute atomic E-state index is 0.0574. The van der Waals surface area contributed by atoms with Crippen molar-refractivity contribution in [3.63, 3.8) is 0 Å². The minimum atomic E-state index is -5.07. The van der Waals surface area contributed by atoms with Crippen molar-refractivity contribution in [3.05, 3.63) is 23.8 Å². The molecule has 1 aromatic carbocycles. The van der Waals surface area contributed by atoms with Crippen LogP contribution in [0, 0.1) is 0 Å². The predicted molar refractivity (Wildman–Crippen MR) is 70.5 cm³/mol. The predicted octanol–water partition coefficient (Wildman–Crippen LogP) is 0.660. The standard InChI is InChI=1S/C11H12F3N5O2/c1-21-5-2-3-7(18-10(17)19-9(15)16)6(4-5)8(20)11(12,13)14/h2-4H,1H3,(H6,15,16,17,18,19). The lowest BCUT2D eigenvalue weighted by Gasteiger charge is -2.10. The molecule has 21 heavy (non-hydrogen) atoms. The van der Waals surface area contributed by atoms with Crippen LogP contribution in [0.4, 0.5) is 18.9 Å². The third-order valence-electron chi connectivity index (χ3n) is 2.18. The van der Waals surface area contributed by atoms with Gasteiger partial charge in [0.25, 0.3) is 5.78 Å². The number of hydrogen-bond acceptors (Lipinski definition) is 3. The number of ketones is 1. The summed E-state index contributed by atoms with van der Waals surface area (Å²) < 4.78 is 42.5. The number of guanidine groups is 2. The number of hydrogen-bond donors (Lipinski definition) is 3. The van der Waals surface area contributed by atoms with E-state index in [1.165, 1.54) is 13.2 Å². The van der Waals surface area contributed by atoms with Crippen molar-refractivity contribution in [2.45, 2.75) is 6.18 Å². The number of rotatable bonds is 3. The smallest absolute Gasteiger partial charge is 0.454 e. The number of aliphatic imine (C=N–C) groups is 2. The van der Waals surface area contributed by atoms with E-state index in [0.717, 1.165) is 12.1 Å². The summed E-state index contributed by atoms with van der Waals surface area (Å²) in [6.45, 7) is 0. The first-order chi connectivity index (χ1) is 9.65. The highest BCUT2D eigenvalue weighted by atomic mass is 19.4. The van der Waals surface area contributed by atoms with Crippen molar-refractivity contribution in [1.29, 1.82) is 0 Å². The Morgan fingerprint density at radius 1 is 1.24 bits per heavy atom. The first-order valence-electron chi connectivity index (χ1n) is 5.38. The quantitative estimate of drug-likeness (QED) is 0.429. The number of carbonyl (C=O) groups is 1. The maximum atomic E-state index is 12.6. The molecule has 0 bridgehead atoms. The number of nitrogens with zero attached hydrogens (tertiary/aromatic N) is 2. The zero-order chi connectivity index (χ0) is 16.2. The molecule has 0 aliphatic rings. The molecule has 0 fully saturated rings. The Kier molecular flexibility index (Phi) is 4.74. The highest BCUT2D eigenvalue weighted by Crippen LogP contribution is 2.30. The molecular weight excluding hydrogens is 291 g/mol. The fraction of sp³-hybridized carbons (Fsp3) is 0.182. The number of nitrogens with two attached hydrogens (primary N) is 3. The summed E-state index contributed by atoms with van der Waals surface area (Å²) in [6.07, 6.45) is -5.07. The molecule has 0 aliphatic heterocycles. The van der Waals surface area contributed by atoms with Gasteiger partial charge >= 0.3 is 6.18 Å². The maximum absolute atomic E-state index is 12.6. The van der Waals surface area contributed by atoms with Gasteiger partial charge in [0, 0.05) is 0 Å². The summed E-state index contributed by atoms with van der Waals surface area (Å²) in [5.41, 5.74) is 14.4. The zero-order valence-corrected chi connectivity index (χ0v) is 10.8. The lowest BCUT2D eigenvalue weighted by Crippen LogP contribution is -2.26. The Morgan fingerprint density at radius 3 is 2.33 bits per heavy atom. The van der Waals surface area contributed by atoms with Crippen LogP contribution < -0.4 is 21.9 Å². The van der Waals surface area contributed by atoms with Crippen molar-refractivity contribution in [1.82, 2.24) is 0 Å². The van der Waals surface area contributed by atoms with Crippen LogP contribution in [-0.2, 0) is 0 Å². The molecule has 0 saturated carbocycles. The number of alkyl halides is 3. The van der Waals surface area contributed by atoms with Crippen LogP contribution in [0.2, 0.25) is 0 Å². The van der Waals surface area contributed by atoms with Crippen LogP contribution in [0.25, 0.3) is 0 Å². The minimum Gasteiger partial charge on any atom is -0.497 e.